The maximum absolute atomic E-state index is 12.0. The van der Waals surface area contributed by atoms with E-state index in [0.29, 0.717) is 30.8 Å². The summed E-state index contributed by atoms with van der Waals surface area (Å²) in [6, 6.07) is 17.6. The molecular weight excluding hydrogens is 444 g/mol. The van der Waals surface area contributed by atoms with Crippen LogP contribution in [0, 0.1) is 12.8 Å². The van der Waals surface area contributed by atoms with Gasteiger partial charge in [0.2, 0.25) is 0 Å². The van der Waals surface area contributed by atoms with Crippen molar-refractivity contribution in [2.24, 2.45) is 5.92 Å². The third-order valence-corrected chi connectivity index (χ3v) is 6.96. The lowest BCUT2D eigenvalue weighted by Gasteiger charge is -2.40. The first-order chi connectivity index (χ1) is 17.4. The average Bonchev–Trinajstić information content (AvgIpc) is 2.93. The van der Waals surface area contributed by atoms with Crippen LogP contribution in [0.1, 0.15) is 128 Å². The Hall–Kier alpha value is -2.13. The topological polar surface area (TPSA) is 35.5 Å². The van der Waals surface area contributed by atoms with E-state index in [2.05, 4.69) is 83.1 Å². The van der Waals surface area contributed by atoms with E-state index >= 15 is 0 Å². The molecule has 36 heavy (non-hydrogen) atoms. The summed E-state index contributed by atoms with van der Waals surface area (Å²) in [7, 11) is 0. The summed E-state index contributed by atoms with van der Waals surface area (Å²) < 4.78 is 12.3. The molecule has 1 aliphatic rings. The first-order valence-electron chi connectivity index (χ1n) is 14.4. The van der Waals surface area contributed by atoms with Gasteiger partial charge in [-0.15, -0.1) is 0 Å². The highest BCUT2D eigenvalue weighted by atomic mass is 16.6. The van der Waals surface area contributed by atoms with E-state index in [-0.39, 0.29) is 18.2 Å². The molecule has 2 aromatic rings. The summed E-state index contributed by atoms with van der Waals surface area (Å²) >= 11 is 0. The van der Waals surface area contributed by atoms with Crippen LogP contribution in [-0.4, -0.2) is 18.7 Å². The molecule has 0 spiro atoms. The Bertz CT molecular complexity index is 858. The highest BCUT2D eigenvalue weighted by Gasteiger charge is 2.37. The Morgan fingerprint density at radius 3 is 2.25 bits per heavy atom. The van der Waals surface area contributed by atoms with Crippen molar-refractivity contribution in [3.8, 4) is 0 Å². The van der Waals surface area contributed by atoms with Crippen LogP contribution in [0.2, 0.25) is 0 Å². The standard InChI is InChI=1S/C29H40O3.2C2H6/c1-6-7-13-28(30)31-19-25-16-17-26(22(5)23-11-9-8-10-12-23)29(32-25)27-18-24(20(2)3)15-14-21(27)4;2*1-2/h8-12,14-15,18,20,22,25-26,29H,6-7,13,16-17,19H2,1-5H3;2*1-2H3/t22-,25+,26-,29-;;/m1../s1. The molecule has 1 fully saturated rings. The summed E-state index contributed by atoms with van der Waals surface area (Å²) in [6.45, 7) is 19.4. The minimum atomic E-state index is -0.107. The molecule has 0 saturated carbocycles. The van der Waals surface area contributed by atoms with Gasteiger partial charge in [0.1, 0.15) is 6.61 Å². The molecule has 3 nitrogen and oxygen atoms in total. The third-order valence-electron chi connectivity index (χ3n) is 6.96. The highest BCUT2D eigenvalue weighted by molar-refractivity contribution is 5.69. The van der Waals surface area contributed by atoms with E-state index in [1.807, 2.05) is 27.7 Å². The number of hydrogen-bond donors (Lipinski definition) is 0. The number of hydrogen-bond acceptors (Lipinski definition) is 3. The minimum Gasteiger partial charge on any atom is -0.463 e. The van der Waals surface area contributed by atoms with Gasteiger partial charge >= 0.3 is 5.97 Å². The predicted octanol–water partition coefficient (Wildman–Crippen LogP) is 9.54. The van der Waals surface area contributed by atoms with Crippen LogP contribution in [0.3, 0.4) is 0 Å². The van der Waals surface area contributed by atoms with Crippen molar-refractivity contribution in [2.75, 3.05) is 6.61 Å². The van der Waals surface area contributed by atoms with E-state index in [0.717, 1.165) is 25.7 Å². The Morgan fingerprint density at radius 2 is 1.64 bits per heavy atom. The number of rotatable bonds is 9. The van der Waals surface area contributed by atoms with E-state index < -0.39 is 0 Å². The normalized spacial score (nSPS) is 19.9. The lowest BCUT2D eigenvalue weighted by Crippen LogP contribution is -2.35. The van der Waals surface area contributed by atoms with Crippen molar-refractivity contribution in [3.63, 3.8) is 0 Å². The molecule has 0 N–H and O–H groups in total. The summed E-state index contributed by atoms with van der Waals surface area (Å²) in [5.41, 5.74) is 5.25. The number of benzene rings is 2. The van der Waals surface area contributed by atoms with E-state index in [9.17, 15) is 4.79 Å². The van der Waals surface area contributed by atoms with Gasteiger partial charge in [-0.05, 0) is 66.2 Å². The average molecular weight is 497 g/mol. The van der Waals surface area contributed by atoms with Crippen LogP contribution in [0.15, 0.2) is 48.5 Å². The van der Waals surface area contributed by atoms with Crippen molar-refractivity contribution >= 4 is 5.97 Å². The largest absolute Gasteiger partial charge is 0.463 e. The monoisotopic (exact) mass is 496 g/mol. The van der Waals surface area contributed by atoms with E-state index in [4.69, 9.17) is 9.47 Å². The molecule has 2 aromatic carbocycles. The first-order valence-corrected chi connectivity index (χ1v) is 14.4. The lowest BCUT2D eigenvalue weighted by molar-refractivity contribution is -0.156. The highest BCUT2D eigenvalue weighted by Crippen LogP contribution is 2.45. The van der Waals surface area contributed by atoms with Gasteiger partial charge in [-0.2, -0.15) is 0 Å². The molecule has 3 heteroatoms. The predicted molar refractivity (Wildman–Crippen MR) is 154 cm³/mol. The molecule has 0 amide bonds. The maximum atomic E-state index is 12.0. The maximum Gasteiger partial charge on any atom is 0.305 e. The van der Waals surface area contributed by atoms with Crippen LogP contribution >= 0.6 is 0 Å². The molecule has 1 heterocycles. The van der Waals surface area contributed by atoms with Crippen molar-refractivity contribution in [1.29, 1.82) is 0 Å². The van der Waals surface area contributed by atoms with Crippen LogP contribution in [0.4, 0.5) is 0 Å². The van der Waals surface area contributed by atoms with Gasteiger partial charge in [0.15, 0.2) is 0 Å². The second-order valence-corrected chi connectivity index (χ2v) is 9.68. The summed E-state index contributed by atoms with van der Waals surface area (Å²) in [4.78, 5) is 12.0. The molecule has 3 rings (SSSR count). The number of carbonyl (C=O) groups is 1. The summed E-state index contributed by atoms with van der Waals surface area (Å²) in [6.07, 6.45) is 4.30. The fourth-order valence-electron chi connectivity index (χ4n) is 4.75. The van der Waals surface area contributed by atoms with Crippen molar-refractivity contribution < 1.29 is 14.3 Å². The zero-order valence-corrected chi connectivity index (χ0v) is 24.5. The number of esters is 1. The second kappa shape index (κ2) is 17.3. The molecule has 1 saturated heterocycles. The molecule has 0 radical (unpaired) electrons. The molecule has 1 aliphatic heterocycles. The van der Waals surface area contributed by atoms with Gasteiger partial charge in [0.05, 0.1) is 12.2 Å². The summed E-state index contributed by atoms with van der Waals surface area (Å²) in [5, 5.41) is 0. The van der Waals surface area contributed by atoms with Gasteiger partial charge in [-0.1, -0.05) is 110 Å². The first kappa shape index (κ1) is 31.9. The second-order valence-electron chi connectivity index (χ2n) is 9.68. The van der Waals surface area contributed by atoms with E-state index in [1.54, 1.807) is 0 Å². The van der Waals surface area contributed by atoms with Crippen molar-refractivity contribution in [2.45, 2.75) is 118 Å². The summed E-state index contributed by atoms with van der Waals surface area (Å²) in [5.74, 6) is 1.13. The Labute approximate surface area is 222 Å². The van der Waals surface area contributed by atoms with Crippen molar-refractivity contribution in [1.82, 2.24) is 0 Å². The fraction of sp³-hybridized carbons (Fsp3) is 0.606. The zero-order chi connectivity index (χ0) is 27.1. The Kier molecular flexibility index (Phi) is 15.4. The zero-order valence-electron chi connectivity index (χ0n) is 24.5. The van der Waals surface area contributed by atoms with Gasteiger partial charge in [0.25, 0.3) is 0 Å². The lowest BCUT2D eigenvalue weighted by atomic mass is 9.75. The van der Waals surface area contributed by atoms with Gasteiger partial charge in [0, 0.05) is 6.42 Å². The molecule has 0 unspecified atom stereocenters. The molecule has 4 atom stereocenters. The number of aryl methyl sites for hydroxylation is 1. The minimum absolute atomic E-state index is 0.00278. The Morgan fingerprint density at radius 1 is 0.972 bits per heavy atom. The van der Waals surface area contributed by atoms with Gasteiger partial charge < -0.3 is 9.47 Å². The quantitative estimate of drug-likeness (QED) is 0.324. The van der Waals surface area contributed by atoms with E-state index in [1.165, 1.54) is 22.3 Å². The van der Waals surface area contributed by atoms with Crippen LogP contribution < -0.4 is 0 Å². The molecule has 0 aliphatic carbocycles. The number of unbranched alkanes of at least 4 members (excludes halogenated alkanes) is 1. The number of carbonyl (C=O) groups excluding carboxylic acids is 1. The van der Waals surface area contributed by atoms with Gasteiger partial charge in [-0.3, -0.25) is 4.79 Å². The third kappa shape index (κ3) is 9.39. The fourth-order valence-corrected chi connectivity index (χ4v) is 4.75. The SMILES string of the molecule is CC.CC.CCCCC(=O)OC[C@@H]1CC[C@H]([C@H](C)c2ccccc2)[C@H](c2cc(C(C)C)ccc2C)O1. The van der Waals surface area contributed by atoms with Crippen molar-refractivity contribution in [3.05, 3.63) is 70.8 Å². The smallest absolute Gasteiger partial charge is 0.305 e. The van der Waals surface area contributed by atoms with Crippen LogP contribution in [-0.2, 0) is 14.3 Å². The van der Waals surface area contributed by atoms with Gasteiger partial charge in [-0.25, -0.2) is 0 Å². The van der Waals surface area contributed by atoms with Crippen LogP contribution in [0.5, 0.6) is 0 Å². The molecule has 202 valence electrons. The molecule has 0 bridgehead atoms. The number of ether oxygens (including phenoxy) is 2. The van der Waals surface area contributed by atoms with Crippen LogP contribution in [0.25, 0.3) is 0 Å². The molecular formula is C33H52O3. The Balaban J connectivity index is 0.00000154. The molecule has 0 aromatic heterocycles.